The van der Waals surface area contributed by atoms with Crippen molar-refractivity contribution in [2.45, 2.75) is 20.3 Å². The molecule has 0 unspecified atom stereocenters. The minimum absolute atomic E-state index is 0.00124. The quantitative estimate of drug-likeness (QED) is 0.488. The molecule has 3 rings (SSSR count). The molecule has 1 saturated carbocycles. The molecule has 1 N–H and O–H groups in total. The first-order chi connectivity index (χ1) is 14.1. The summed E-state index contributed by atoms with van der Waals surface area (Å²) < 4.78 is 33.3. The Balaban J connectivity index is 2.00. The van der Waals surface area contributed by atoms with Gasteiger partial charge >= 0.3 is 5.97 Å². The zero-order chi connectivity index (χ0) is 22.2. The summed E-state index contributed by atoms with van der Waals surface area (Å²) in [5.74, 6) is -4.50. The Morgan fingerprint density at radius 2 is 2.00 bits per heavy atom. The van der Waals surface area contributed by atoms with Crippen molar-refractivity contribution < 1.29 is 28.2 Å². The summed E-state index contributed by atoms with van der Waals surface area (Å²) in [5, 5.41) is 8.79. The number of carboxylic acid groups (broad SMARTS) is 1. The molecule has 1 heterocycles. The summed E-state index contributed by atoms with van der Waals surface area (Å²) >= 11 is 5.84. The van der Waals surface area contributed by atoms with Crippen LogP contribution in [-0.2, 0) is 4.79 Å². The number of aliphatic carboxylic acids is 1. The van der Waals surface area contributed by atoms with E-state index in [1.807, 2.05) is 13.8 Å². The molecule has 7 nitrogen and oxygen atoms in total. The van der Waals surface area contributed by atoms with Gasteiger partial charge in [-0.15, -0.1) is 0 Å². The van der Waals surface area contributed by atoms with Gasteiger partial charge in [0, 0.05) is 18.5 Å². The van der Waals surface area contributed by atoms with Crippen LogP contribution in [0.1, 0.15) is 30.8 Å². The number of rotatable bonds is 8. The van der Waals surface area contributed by atoms with Crippen LogP contribution in [0.15, 0.2) is 18.3 Å². The smallest absolute Gasteiger partial charge is 0.307 e. The predicted molar refractivity (Wildman–Crippen MR) is 105 cm³/mol. The first-order valence-corrected chi connectivity index (χ1v) is 9.62. The summed E-state index contributed by atoms with van der Waals surface area (Å²) in [7, 11) is 1.30. The van der Waals surface area contributed by atoms with Crippen LogP contribution in [0.3, 0.4) is 0 Å². The minimum atomic E-state index is -1.04. The summed E-state index contributed by atoms with van der Waals surface area (Å²) in [4.78, 5) is 33.5. The van der Waals surface area contributed by atoms with Crippen molar-refractivity contribution in [2.24, 2.45) is 17.8 Å². The second-order valence-corrected chi connectivity index (χ2v) is 7.87. The van der Waals surface area contributed by atoms with E-state index >= 15 is 0 Å². The third-order valence-corrected chi connectivity index (χ3v) is 4.99. The lowest BCUT2D eigenvalue weighted by atomic mass is 10.1. The van der Waals surface area contributed by atoms with Crippen molar-refractivity contribution in [3.63, 3.8) is 0 Å². The van der Waals surface area contributed by atoms with Crippen LogP contribution in [0.25, 0.3) is 0 Å². The number of carbonyl (C=O) groups is 2. The van der Waals surface area contributed by atoms with Crippen LogP contribution in [0.5, 0.6) is 5.88 Å². The van der Waals surface area contributed by atoms with Gasteiger partial charge in [0.2, 0.25) is 5.88 Å². The summed E-state index contributed by atoms with van der Waals surface area (Å²) in [5.41, 5.74) is -0.0872. The van der Waals surface area contributed by atoms with Crippen molar-refractivity contribution in [1.29, 1.82) is 0 Å². The van der Waals surface area contributed by atoms with Crippen LogP contribution >= 0.6 is 11.6 Å². The number of hydrogen-bond acceptors (Lipinski definition) is 6. The van der Waals surface area contributed by atoms with Crippen molar-refractivity contribution in [3.05, 3.63) is 40.7 Å². The van der Waals surface area contributed by atoms with Gasteiger partial charge in [-0.2, -0.15) is 4.98 Å². The van der Waals surface area contributed by atoms with Crippen molar-refractivity contribution >= 4 is 34.9 Å². The Morgan fingerprint density at radius 3 is 2.57 bits per heavy atom. The standard InChI is InChI=1S/C20H20ClF2N3O4/c1-9(2)8-26(15-5-12(21)13(22)6-14(15)23)16-7-24-17(19(25-16)30-3)18(27)10-4-11(10)20(28)29/h5-7,9-11H,4,8H2,1-3H3,(H,28,29)/t10-,11-/m0/s1. The highest BCUT2D eigenvalue weighted by Gasteiger charge is 2.49. The number of methoxy groups -OCH3 is 1. The Morgan fingerprint density at radius 1 is 1.30 bits per heavy atom. The molecule has 0 spiro atoms. The average molecular weight is 440 g/mol. The topological polar surface area (TPSA) is 92.6 Å². The van der Waals surface area contributed by atoms with Crippen LogP contribution in [-0.4, -0.2) is 40.5 Å². The molecule has 1 aliphatic carbocycles. The van der Waals surface area contributed by atoms with Crippen molar-refractivity contribution in [2.75, 3.05) is 18.6 Å². The van der Waals surface area contributed by atoms with Gasteiger partial charge in [-0.1, -0.05) is 25.4 Å². The fourth-order valence-corrected chi connectivity index (χ4v) is 3.30. The van der Waals surface area contributed by atoms with Gasteiger partial charge < -0.3 is 14.7 Å². The summed E-state index contributed by atoms with van der Waals surface area (Å²) in [6.45, 7) is 4.10. The number of aromatic nitrogens is 2. The number of benzene rings is 1. The minimum Gasteiger partial charge on any atom is -0.481 e. The van der Waals surface area contributed by atoms with E-state index in [0.29, 0.717) is 12.6 Å². The highest BCUT2D eigenvalue weighted by atomic mass is 35.5. The number of carbonyl (C=O) groups excluding carboxylic acids is 1. The molecule has 0 bridgehead atoms. The van der Waals surface area contributed by atoms with Gasteiger partial charge in [0.1, 0.15) is 11.6 Å². The van der Waals surface area contributed by atoms with Crippen LogP contribution in [0, 0.1) is 29.4 Å². The normalized spacial score (nSPS) is 17.7. The maximum absolute atomic E-state index is 14.5. The fourth-order valence-electron chi connectivity index (χ4n) is 3.14. The maximum atomic E-state index is 14.5. The lowest BCUT2D eigenvalue weighted by Crippen LogP contribution is -2.25. The molecule has 1 fully saturated rings. The first kappa shape index (κ1) is 21.9. The molecule has 0 amide bonds. The number of hydrogen-bond donors (Lipinski definition) is 1. The van der Waals surface area contributed by atoms with E-state index in [1.165, 1.54) is 18.2 Å². The van der Waals surface area contributed by atoms with Gasteiger partial charge in [-0.3, -0.25) is 9.59 Å². The van der Waals surface area contributed by atoms with Crippen LogP contribution in [0.2, 0.25) is 5.02 Å². The third kappa shape index (κ3) is 4.35. The van der Waals surface area contributed by atoms with Gasteiger partial charge in [-0.25, -0.2) is 13.8 Å². The number of halogens is 3. The maximum Gasteiger partial charge on any atom is 0.307 e. The molecule has 2 atom stereocenters. The predicted octanol–water partition coefficient (Wildman–Crippen LogP) is 4.11. The molecule has 2 aromatic rings. The molecule has 10 heteroatoms. The average Bonchev–Trinajstić information content (AvgIpc) is 3.49. The molecule has 0 radical (unpaired) electrons. The largest absolute Gasteiger partial charge is 0.481 e. The Bertz CT molecular complexity index is 1000. The SMILES string of the molecule is COc1nc(N(CC(C)C)c2cc(Cl)c(F)cc2F)cnc1C(=O)[C@H]1C[C@@H]1C(=O)O. The Labute approximate surface area is 176 Å². The number of anilines is 2. The highest BCUT2D eigenvalue weighted by molar-refractivity contribution is 6.31. The van der Waals surface area contributed by atoms with E-state index in [-0.39, 0.29) is 40.4 Å². The summed E-state index contributed by atoms with van der Waals surface area (Å²) in [6, 6.07) is 1.84. The van der Waals surface area contributed by atoms with Gasteiger partial charge in [0.05, 0.1) is 29.9 Å². The Hall–Kier alpha value is -2.81. The number of nitrogens with zero attached hydrogens (tertiary/aromatic N) is 3. The first-order valence-electron chi connectivity index (χ1n) is 9.24. The Kier molecular flexibility index (Phi) is 6.21. The molecule has 0 aliphatic heterocycles. The van der Waals surface area contributed by atoms with E-state index in [2.05, 4.69) is 9.97 Å². The van der Waals surface area contributed by atoms with E-state index in [1.54, 1.807) is 0 Å². The fraction of sp³-hybridized carbons (Fsp3) is 0.400. The highest BCUT2D eigenvalue weighted by Crippen LogP contribution is 2.42. The van der Waals surface area contributed by atoms with E-state index < -0.39 is 35.2 Å². The van der Waals surface area contributed by atoms with Gasteiger partial charge in [0.15, 0.2) is 17.3 Å². The van der Waals surface area contributed by atoms with E-state index in [4.69, 9.17) is 21.4 Å². The van der Waals surface area contributed by atoms with Crippen molar-refractivity contribution in [1.82, 2.24) is 9.97 Å². The van der Waals surface area contributed by atoms with Gasteiger partial charge in [-0.05, 0) is 18.4 Å². The molecule has 1 aliphatic rings. The lowest BCUT2D eigenvalue weighted by Gasteiger charge is -2.26. The number of carboxylic acids is 1. The zero-order valence-corrected chi connectivity index (χ0v) is 17.3. The number of Topliss-reactive ketones (excluding diaryl/α,β-unsaturated/α-hetero) is 1. The van der Waals surface area contributed by atoms with E-state index in [9.17, 15) is 18.4 Å². The second kappa shape index (κ2) is 8.51. The monoisotopic (exact) mass is 439 g/mol. The molecule has 160 valence electrons. The van der Waals surface area contributed by atoms with Gasteiger partial charge in [0.25, 0.3) is 0 Å². The van der Waals surface area contributed by atoms with Crippen LogP contribution < -0.4 is 9.64 Å². The summed E-state index contributed by atoms with van der Waals surface area (Å²) in [6.07, 6.45) is 1.51. The molecule has 1 aromatic carbocycles. The number of ether oxygens (including phenoxy) is 1. The molecule has 1 aromatic heterocycles. The lowest BCUT2D eigenvalue weighted by molar-refractivity contribution is -0.138. The number of ketones is 1. The molecular formula is C20H20ClF2N3O4. The van der Waals surface area contributed by atoms with Crippen LogP contribution in [0.4, 0.5) is 20.3 Å². The molecular weight excluding hydrogens is 420 g/mol. The third-order valence-electron chi connectivity index (χ3n) is 4.70. The zero-order valence-electron chi connectivity index (χ0n) is 16.5. The van der Waals surface area contributed by atoms with E-state index in [0.717, 1.165) is 6.07 Å². The second-order valence-electron chi connectivity index (χ2n) is 7.46. The molecule has 30 heavy (non-hydrogen) atoms. The van der Waals surface area contributed by atoms with Crippen molar-refractivity contribution in [3.8, 4) is 5.88 Å². The molecule has 0 saturated heterocycles.